The number of rotatable bonds is 1. The van der Waals surface area contributed by atoms with Gasteiger partial charge in [0.2, 0.25) is 5.91 Å². The number of benzene rings is 1. The fraction of sp³-hybridized carbons (Fsp3) is 0. The van der Waals surface area contributed by atoms with Gasteiger partial charge >= 0.3 is 0 Å². The van der Waals surface area contributed by atoms with Gasteiger partial charge in [-0.15, -0.1) is 0 Å². The van der Waals surface area contributed by atoms with Gasteiger partial charge in [0.25, 0.3) is 0 Å². The maximum atomic E-state index is 9.47. The Morgan fingerprint density at radius 3 is 1.77 bits per heavy atom. The highest BCUT2D eigenvalue weighted by Crippen LogP contribution is 2.21. The quantitative estimate of drug-likeness (QED) is 0.441. The van der Waals surface area contributed by atoms with Gasteiger partial charge in [0, 0.05) is 0 Å². The Morgan fingerprint density at radius 1 is 1.31 bits per heavy atom. The number of phenolic OH excluding ortho intramolecular Hbond substituents is 2. The molecule has 0 aromatic heterocycles. The molecule has 4 nitrogen and oxygen atoms in total. The lowest BCUT2D eigenvalue weighted by atomic mass is 10.3. The second-order valence-corrected chi connectivity index (χ2v) is 2.10. The van der Waals surface area contributed by atoms with Crippen LogP contribution in [0.25, 0.3) is 0 Å². The molecular weight excluding hydrogens is 170 g/mol. The van der Waals surface area contributed by atoms with Crippen LogP contribution in [-0.4, -0.2) is 16.1 Å². The third-order valence-corrected chi connectivity index (χ3v) is 1.08. The Morgan fingerprint density at radius 2 is 1.62 bits per heavy atom. The average Bonchev–Trinajstić information content (AvgIpc) is 2.11. The van der Waals surface area contributed by atoms with Crippen molar-refractivity contribution in [1.82, 2.24) is 0 Å². The predicted molar refractivity (Wildman–Crippen MR) is 49.2 cm³/mol. The number of nitrogens with two attached hydrogens (primary N) is 1. The lowest BCUT2D eigenvalue weighted by molar-refractivity contribution is -0.113. The summed E-state index contributed by atoms with van der Waals surface area (Å²) in [5.74, 6) is -0.634. The van der Waals surface area contributed by atoms with Crippen LogP contribution in [0.4, 0.5) is 0 Å². The zero-order valence-corrected chi connectivity index (χ0v) is 6.97. The zero-order chi connectivity index (χ0) is 10.3. The first-order valence-corrected chi connectivity index (χ1v) is 3.46. The van der Waals surface area contributed by atoms with Gasteiger partial charge in [0.1, 0.15) is 0 Å². The number of para-hydroxylation sites is 2. The molecule has 1 rings (SSSR count). The van der Waals surface area contributed by atoms with E-state index in [0.717, 1.165) is 6.08 Å². The first-order valence-electron chi connectivity index (χ1n) is 3.46. The van der Waals surface area contributed by atoms with Crippen LogP contribution in [0.1, 0.15) is 0 Å². The molecule has 4 heteroatoms. The molecule has 4 N–H and O–H groups in total. The summed E-state index contributed by atoms with van der Waals surface area (Å²) < 4.78 is 0. The van der Waals surface area contributed by atoms with Crippen LogP contribution in [-0.2, 0) is 4.79 Å². The van der Waals surface area contributed by atoms with Crippen molar-refractivity contribution >= 4 is 5.91 Å². The largest absolute Gasteiger partial charge is 0.504 e. The molecule has 0 bridgehead atoms. The highest BCUT2D eigenvalue weighted by atomic mass is 16.3. The van der Waals surface area contributed by atoms with Crippen molar-refractivity contribution < 1.29 is 15.0 Å². The Labute approximate surface area is 75.9 Å². The number of hydrogen-bond acceptors (Lipinski definition) is 3. The third-order valence-electron chi connectivity index (χ3n) is 1.08. The van der Waals surface area contributed by atoms with Crippen LogP contribution in [0.2, 0.25) is 0 Å². The molecule has 1 aromatic rings. The smallest absolute Gasteiger partial charge is 0.240 e. The van der Waals surface area contributed by atoms with Crippen LogP contribution in [0, 0.1) is 0 Å². The van der Waals surface area contributed by atoms with E-state index in [1.807, 2.05) is 0 Å². The van der Waals surface area contributed by atoms with Crippen molar-refractivity contribution in [3.63, 3.8) is 0 Å². The lowest BCUT2D eigenvalue weighted by Crippen LogP contribution is -2.04. The van der Waals surface area contributed by atoms with E-state index in [0.29, 0.717) is 0 Å². The van der Waals surface area contributed by atoms with Crippen LogP contribution >= 0.6 is 0 Å². The van der Waals surface area contributed by atoms with Crippen LogP contribution in [0.3, 0.4) is 0 Å². The first-order chi connectivity index (χ1) is 6.07. The van der Waals surface area contributed by atoms with E-state index >= 15 is 0 Å². The van der Waals surface area contributed by atoms with Crippen LogP contribution in [0.5, 0.6) is 11.5 Å². The van der Waals surface area contributed by atoms with Gasteiger partial charge in [0.15, 0.2) is 11.5 Å². The van der Waals surface area contributed by atoms with Gasteiger partial charge in [0.05, 0.1) is 0 Å². The second kappa shape index (κ2) is 5.65. The summed E-state index contributed by atoms with van der Waals surface area (Å²) in [6.07, 6.45) is 1.06. The summed E-state index contributed by atoms with van der Waals surface area (Å²) >= 11 is 0. The minimum Gasteiger partial charge on any atom is -0.504 e. The highest BCUT2D eigenvalue weighted by Gasteiger charge is 1.90. The molecular formula is C9H11NO3. The number of carbonyl (C=O) groups excluding carboxylic acids is 1. The number of amides is 1. The molecule has 0 saturated carbocycles. The summed E-state index contributed by atoms with van der Waals surface area (Å²) in [4.78, 5) is 9.47. The van der Waals surface area contributed by atoms with Gasteiger partial charge < -0.3 is 15.9 Å². The van der Waals surface area contributed by atoms with E-state index in [9.17, 15) is 4.79 Å². The maximum absolute atomic E-state index is 9.47. The molecule has 0 fully saturated rings. The van der Waals surface area contributed by atoms with E-state index in [1.54, 1.807) is 12.1 Å². The molecule has 13 heavy (non-hydrogen) atoms. The van der Waals surface area contributed by atoms with Gasteiger partial charge in [-0.05, 0) is 18.2 Å². The fourth-order valence-electron chi connectivity index (χ4n) is 0.464. The lowest BCUT2D eigenvalue weighted by Gasteiger charge is -1.91. The summed E-state index contributed by atoms with van der Waals surface area (Å²) in [7, 11) is 0. The summed E-state index contributed by atoms with van der Waals surface area (Å²) in [6, 6.07) is 6.15. The third kappa shape index (κ3) is 5.32. The molecule has 0 aliphatic rings. The molecule has 0 unspecified atom stereocenters. The SMILES string of the molecule is C=CC(N)=O.Oc1ccccc1O. The van der Waals surface area contributed by atoms with E-state index in [4.69, 9.17) is 10.2 Å². The number of aromatic hydroxyl groups is 2. The first kappa shape index (κ1) is 11.0. The molecule has 0 aliphatic heterocycles. The molecule has 0 saturated heterocycles. The molecule has 70 valence electrons. The minimum absolute atomic E-state index is 0.0764. The van der Waals surface area contributed by atoms with E-state index in [2.05, 4.69) is 12.3 Å². The number of carbonyl (C=O) groups is 1. The highest BCUT2D eigenvalue weighted by molar-refractivity contribution is 5.84. The van der Waals surface area contributed by atoms with Gasteiger partial charge in [-0.1, -0.05) is 18.7 Å². The molecule has 1 aromatic carbocycles. The maximum Gasteiger partial charge on any atom is 0.240 e. The molecule has 0 atom stereocenters. The summed E-state index contributed by atoms with van der Waals surface area (Å²) in [5, 5.41) is 17.3. The number of hydrogen-bond donors (Lipinski definition) is 3. The molecule has 0 heterocycles. The van der Waals surface area contributed by atoms with Crippen molar-refractivity contribution in [2.24, 2.45) is 5.73 Å². The topological polar surface area (TPSA) is 83.6 Å². The number of phenols is 2. The van der Waals surface area contributed by atoms with E-state index in [1.165, 1.54) is 12.1 Å². The normalized spacial score (nSPS) is 8.00. The standard InChI is InChI=1S/C6H6O2.C3H5NO/c7-5-3-1-2-4-6(5)8;1-2-3(4)5/h1-4,7-8H;2H,1H2,(H2,4,5). The van der Waals surface area contributed by atoms with Gasteiger partial charge in [-0.2, -0.15) is 0 Å². The second-order valence-electron chi connectivity index (χ2n) is 2.10. The minimum atomic E-state index is -0.481. The monoisotopic (exact) mass is 181 g/mol. The van der Waals surface area contributed by atoms with Crippen molar-refractivity contribution in [3.05, 3.63) is 36.9 Å². The molecule has 1 amide bonds. The van der Waals surface area contributed by atoms with E-state index in [-0.39, 0.29) is 11.5 Å². The molecule has 0 aliphatic carbocycles. The van der Waals surface area contributed by atoms with Crippen LogP contribution in [0.15, 0.2) is 36.9 Å². The van der Waals surface area contributed by atoms with Crippen molar-refractivity contribution in [2.45, 2.75) is 0 Å². The average molecular weight is 181 g/mol. The van der Waals surface area contributed by atoms with Crippen molar-refractivity contribution in [2.75, 3.05) is 0 Å². The Balaban J connectivity index is 0.000000252. The van der Waals surface area contributed by atoms with Gasteiger partial charge in [-0.25, -0.2) is 0 Å². The Hall–Kier alpha value is -1.97. The Bertz CT molecular complexity index is 276. The van der Waals surface area contributed by atoms with Crippen molar-refractivity contribution in [3.8, 4) is 11.5 Å². The van der Waals surface area contributed by atoms with Gasteiger partial charge in [-0.3, -0.25) is 4.79 Å². The Kier molecular flexibility index (Phi) is 4.79. The summed E-state index contributed by atoms with van der Waals surface area (Å²) in [6.45, 7) is 3.09. The predicted octanol–water partition coefficient (Wildman–Crippen LogP) is 0.756. The number of primary amides is 1. The zero-order valence-electron chi connectivity index (χ0n) is 6.97. The van der Waals surface area contributed by atoms with E-state index < -0.39 is 5.91 Å². The molecule has 0 spiro atoms. The van der Waals surface area contributed by atoms with Crippen LogP contribution < -0.4 is 5.73 Å². The summed E-state index contributed by atoms with van der Waals surface area (Å²) in [5.41, 5.74) is 4.53. The fourth-order valence-corrected chi connectivity index (χ4v) is 0.464. The molecule has 0 radical (unpaired) electrons. The van der Waals surface area contributed by atoms with Crippen molar-refractivity contribution in [1.29, 1.82) is 0 Å².